The van der Waals surface area contributed by atoms with Gasteiger partial charge in [0.05, 0.1) is 33.9 Å². The Hall–Kier alpha value is -2.33. The molecule has 0 saturated heterocycles. The van der Waals surface area contributed by atoms with Gasteiger partial charge in [-0.25, -0.2) is 4.57 Å². The summed E-state index contributed by atoms with van der Waals surface area (Å²) in [4.78, 5) is 35.2. The van der Waals surface area contributed by atoms with Crippen molar-refractivity contribution in [2.45, 2.75) is 148 Å². The first-order valence-corrected chi connectivity index (χ1v) is 21.6. The number of allylic oxidation sites excluding steroid dienone is 9. The predicted molar refractivity (Wildman–Crippen MR) is 216 cm³/mol. The minimum absolute atomic E-state index is 0.0152. The van der Waals surface area contributed by atoms with Gasteiger partial charge in [0.2, 0.25) is 0 Å². The monoisotopic (exact) mass is 769 g/mol. The third-order valence-electron chi connectivity index (χ3n) is 8.22. The van der Waals surface area contributed by atoms with E-state index >= 15 is 0 Å². The van der Waals surface area contributed by atoms with E-state index in [0.717, 1.165) is 44.9 Å². The van der Waals surface area contributed by atoms with Crippen LogP contribution in [0.4, 0.5) is 0 Å². The van der Waals surface area contributed by atoms with Crippen molar-refractivity contribution in [2.75, 3.05) is 47.5 Å². The van der Waals surface area contributed by atoms with Gasteiger partial charge < -0.3 is 24.0 Å². The fourth-order valence-corrected chi connectivity index (χ4v) is 5.62. The van der Waals surface area contributed by atoms with Crippen LogP contribution in [0.5, 0.6) is 0 Å². The molecule has 0 rings (SSSR count). The number of carbonyl (C=O) groups excluding carboxylic acids is 2. The van der Waals surface area contributed by atoms with Crippen LogP contribution in [0.25, 0.3) is 0 Å². The zero-order valence-electron chi connectivity index (χ0n) is 33.8. The van der Waals surface area contributed by atoms with Crippen LogP contribution in [0.15, 0.2) is 60.8 Å². The van der Waals surface area contributed by atoms with E-state index in [1.807, 2.05) is 52.4 Å². The van der Waals surface area contributed by atoms with Gasteiger partial charge in [-0.2, -0.15) is 0 Å². The molecule has 10 nitrogen and oxygen atoms in total. The van der Waals surface area contributed by atoms with Crippen LogP contribution in [0, 0.1) is 0 Å². The minimum Gasteiger partial charge on any atom is -0.462 e. The number of phosphoric acid groups is 1. The summed E-state index contributed by atoms with van der Waals surface area (Å²) in [6, 6.07) is 0. The number of phosphoric ester groups is 1. The summed E-state index contributed by atoms with van der Waals surface area (Å²) in [5, 5.41) is 9.47. The topological polar surface area (TPSA) is 129 Å². The molecule has 53 heavy (non-hydrogen) atoms. The Labute approximate surface area is 322 Å². The first-order valence-electron chi connectivity index (χ1n) is 20.1. The number of hydrogen-bond acceptors (Lipinski definition) is 8. The number of esters is 2. The van der Waals surface area contributed by atoms with Gasteiger partial charge in [0.25, 0.3) is 0 Å². The molecule has 0 aliphatic heterocycles. The number of likely N-dealkylation sites (N-methyl/N-ethyl adjacent to an activating group) is 1. The highest BCUT2D eigenvalue weighted by Gasteiger charge is 2.27. The average molecular weight is 769 g/mol. The number of unbranched alkanes of at least 4 members (excludes halogenated alkanes) is 11. The van der Waals surface area contributed by atoms with Gasteiger partial charge in [-0.1, -0.05) is 139 Å². The van der Waals surface area contributed by atoms with Crippen molar-refractivity contribution >= 4 is 19.8 Å². The van der Waals surface area contributed by atoms with Crippen molar-refractivity contribution < 1.29 is 47.2 Å². The van der Waals surface area contributed by atoms with Gasteiger partial charge in [-0.05, 0) is 44.9 Å². The molecule has 1 unspecified atom stereocenters. The number of quaternary nitrogens is 1. The highest BCUT2D eigenvalue weighted by Crippen LogP contribution is 2.43. The molecule has 0 fully saturated rings. The van der Waals surface area contributed by atoms with E-state index in [-0.39, 0.29) is 32.2 Å². The first-order chi connectivity index (χ1) is 25.4. The molecule has 0 saturated carbocycles. The van der Waals surface area contributed by atoms with Gasteiger partial charge in [0, 0.05) is 12.8 Å². The number of hydrogen-bond donors (Lipinski definition) is 2. The molecule has 11 heteroatoms. The Kier molecular flexibility index (Phi) is 32.7. The molecule has 0 aliphatic rings. The lowest BCUT2D eigenvalue weighted by Gasteiger charge is -2.24. The van der Waals surface area contributed by atoms with E-state index in [4.69, 9.17) is 18.5 Å². The molecule has 0 aromatic carbocycles. The minimum atomic E-state index is -4.39. The van der Waals surface area contributed by atoms with Gasteiger partial charge in [0.1, 0.15) is 19.8 Å². The lowest BCUT2D eigenvalue weighted by atomic mass is 10.1. The van der Waals surface area contributed by atoms with Crippen LogP contribution in [0.3, 0.4) is 0 Å². The summed E-state index contributed by atoms with van der Waals surface area (Å²) < 4.78 is 34.1. The molecule has 0 spiro atoms. The van der Waals surface area contributed by atoms with E-state index < -0.39 is 32.5 Å². The number of carbonyl (C=O) groups is 2. The van der Waals surface area contributed by atoms with Gasteiger partial charge >= 0.3 is 19.8 Å². The van der Waals surface area contributed by atoms with Crippen molar-refractivity contribution in [3.63, 3.8) is 0 Å². The maximum absolute atomic E-state index is 12.6. The van der Waals surface area contributed by atoms with Crippen molar-refractivity contribution in [3.8, 4) is 0 Å². The maximum Gasteiger partial charge on any atom is 0.472 e. The van der Waals surface area contributed by atoms with Crippen LogP contribution in [-0.4, -0.2) is 86.1 Å². The van der Waals surface area contributed by atoms with E-state index in [1.165, 1.54) is 44.9 Å². The van der Waals surface area contributed by atoms with Crippen LogP contribution < -0.4 is 0 Å². The molecule has 2 N–H and O–H groups in total. The Morgan fingerprint density at radius 2 is 1.23 bits per heavy atom. The molecule has 0 heterocycles. The Morgan fingerprint density at radius 3 is 1.81 bits per heavy atom. The van der Waals surface area contributed by atoms with Crippen molar-refractivity contribution in [1.29, 1.82) is 0 Å². The smallest absolute Gasteiger partial charge is 0.462 e. The molecular weight excluding hydrogens is 693 g/mol. The summed E-state index contributed by atoms with van der Waals surface area (Å²) in [7, 11) is 1.42. The molecule has 0 aromatic heterocycles. The van der Waals surface area contributed by atoms with Crippen LogP contribution in [-0.2, 0) is 32.7 Å². The molecular formula is C42H75NO9P+. The second-order valence-corrected chi connectivity index (χ2v) is 15.9. The van der Waals surface area contributed by atoms with Gasteiger partial charge in [-0.15, -0.1) is 0 Å². The lowest BCUT2D eigenvalue weighted by Crippen LogP contribution is -2.37. The number of rotatable bonds is 35. The van der Waals surface area contributed by atoms with E-state index in [1.54, 1.807) is 6.08 Å². The summed E-state index contributed by atoms with van der Waals surface area (Å²) in [6.45, 7) is 3.98. The largest absolute Gasteiger partial charge is 0.472 e. The zero-order valence-corrected chi connectivity index (χ0v) is 34.7. The third-order valence-corrected chi connectivity index (χ3v) is 9.20. The number of aliphatic hydroxyl groups excluding tert-OH is 1. The molecule has 0 aromatic rings. The Morgan fingerprint density at radius 1 is 0.679 bits per heavy atom. The number of ether oxygens (including phenoxy) is 2. The first kappa shape index (κ1) is 50.7. The summed E-state index contributed by atoms with van der Waals surface area (Å²) in [5.41, 5.74) is 0. The predicted octanol–water partition coefficient (Wildman–Crippen LogP) is 9.87. The molecule has 306 valence electrons. The molecule has 3 atom stereocenters. The second kappa shape index (κ2) is 34.2. The third kappa shape index (κ3) is 37.8. The maximum atomic E-state index is 12.6. The quantitative estimate of drug-likeness (QED) is 0.0162. The van der Waals surface area contributed by atoms with E-state index in [2.05, 4.69) is 37.3 Å². The Balaban J connectivity index is 4.51. The SMILES string of the molecule is CCCCCCCCCCCCCC(=O)O[C@H](COC(=O)CCC/C=C\C/C=C\C/C=C\C/C=C\C=C\[C@@H](O)CC)COP(=O)(O)OCC[N+](C)(C)C. The molecule has 0 aliphatic carbocycles. The zero-order chi connectivity index (χ0) is 39.5. The van der Waals surface area contributed by atoms with Crippen molar-refractivity contribution in [3.05, 3.63) is 60.8 Å². The molecule has 0 bridgehead atoms. The highest BCUT2D eigenvalue weighted by atomic mass is 31.2. The highest BCUT2D eigenvalue weighted by molar-refractivity contribution is 7.47. The van der Waals surface area contributed by atoms with E-state index in [9.17, 15) is 24.2 Å². The lowest BCUT2D eigenvalue weighted by molar-refractivity contribution is -0.870. The fourth-order valence-electron chi connectivity index (χ4n) is 4.88. The van der Waals surface area contributed by atoms with Crippen LogP contribution in [0.2, 0.25) is 0 Å². The fraction of sp³-hybridized carbons (Fsp3) is 0.714. The van der Waals surface area contributed by atoms with Gasteiger partial charge in [-0.3, -0.25) is 18.6 Å². The average Bonchev–Trinajstić information content (AvgIpc) is 3.10. The van der Waals surface area contributed by atoms with E-state index in [0.29, 0.717) is 30.3 Å². The standard InChI is InChI=1S/C42H74NO9P/c1-6-8-9-10-11-12-17-22-25-28-31-34-42(46)52-40(38-51-53(47,48)50-36-35-43(3,4)5)37-49-41(45)33-30-27-24-21-19-16-14-13-15-18-20-23-26-29-32-39(44)7-2/h14-16,18,21,23-24,26,29,32,39-40,44H,6-13,17,19-20,22,25,27-28,30-31,33-38H2,1-5H3/p+1/b16-14-,18-15-,24-21-,26-23-,32-29+/t39-,40+/m0/s1. The number of nitrogens with zero attached hydrogens (tertiary/aromatic N) is 1. The van der Waals surface area contributed by atoms with Gasteiger partial charge in [0.15, 0.2) is 6.10 Å². The normalized spacial score (nSPS) is 14.9. The van der Waals surface area contributed by atoms with Crippen LogP contribution >= 0.6 is 7.82 Å². The summed E-state index contributed by atoms with van der Waals surface area (Å²) in [6.07, 6.45) is 36.6. The van der Waals surface area contributed by atoms with Crippen LogP contribution in [0.1, 0.15) is 136 Å². The second-order valence-electron chi connectivity index (χ2n) is 14.5. The van der Waals surface area contributed by atoms with Crippen molar-refractivity contribution in [2.24, 2.45) is 0 Å². The number of aliphatic hydroxyl groups is 1. The molecule has 0 amide bonds. The molecule has 0 radical (unpaired) electrons. The summed E-state index contributed by atoms with van der Waals surface area (Å²) >= 11 is 0. The summed E-state index contributed by atoms with van der Waals surface area (Å²) in [5.74, 6) is -0.892. The Bertz CT molecular complexity index is 1110. The van der Waals surface area contributed by atoms with Crippen molar-refractivity contribution in [1.82, 2.24) is 0 Å².